The van der Waals surface area contributed by atoms with Gasteiger partial charge >= 0.3 is 0 Å². The fraction of sp³-hybridized carbons (Fsp3) is 0.520. The second-order valence-corrected chi connectivity index (χ2v) is 9.08. The predicted octanol–water partition coefficient (Wildman–Crippen LogP) is 5.18. The van der Waals surface area contributed by atoms with Gasteiger partial charge < -0.3 is 14.5 Å². The first-order valence-electron chi connectivity index (χ1n) is 11.2. The standard InChI is InChI=1S/C25H30N2O/c1-17-15-21-24(28-17)16-26-22-9-5-6-10-23(22)27(25(21)26)20-13-11-19(12-14-20)18-7-3-2-4-8-18/h3,6-8,10-11,13,17,21,24-25H,2,4-5,9,12,14-16H2,1H3. The van der Waals surface area contributed by atoms with E-state index in [4.69, 9.17) is 4.74 Å². The Morgan fingerprint density at radius 3 is 2.75 bits per heavy atom. The molecule has 3 aliphatic heterocycles. The number of nitrogens with zero attached hydrogens (tertiary/aromatic N) is 2. The summed E-state index contributed by atoms with van der Waals surface area (Å²) in [6.45, 7) is 3.32. The van der Waals surface area contributed by atoms with Gasteiger partial charge in [0, 0.05) is 23.9 Å². The Morgan fingerprint density at radius 1 is 1.00 bits per heavy atom. The van der Waals surface area contributed by atoms with Crippen molar-refractivity contribution in [2.45, 2.75) is 70.2 Å². The molecule has 3 heterocycles. The Morgan fingerprint density at radius 2 is 1.93 bits per heavy atom. The maximum atomic E-state index is 6.28. The van der Waals surface area contributed by atoms with Gasteiger partial charge in [-0.2, -0.15) is 0 Å². The van der Waals surface area contributed by atoms with Crippen LogP contribution in [0.1, 0.15) is 51.9 Å². The fourth-order valence-electron chi connectivity index (χ4n) is 6.15. The number of hydrogen-bond donors (Lipinski definition) is 0. The Bertz CT molecular complexity index is 871. The molecule has 3 nitrogen and oxygen atoms in total. The molecule has 0 aromatic rings. The number of rotatable bonds is 2. The zero-order chi connectivity index (χ0) is 18.7. The summed E-state index contributed by atoms with van der Waals surface area (Å²) in [5.41, 5.74) is 7.48. The van der Waals surface area contributed by atoms with E-state index in [9.17, 15) is 0 Å². The molecular weight excluding hydrogens is 344 g/mol. The van der Waals surface area contributed by atoms with E-state index in [0.717, 1.165) is 19.4 Å². The lowest BCUT2D eigenvalue weighted by Gasteiger charge is -2.35. The Balaban J connectivity index is 1.35. The lowest BCUT2D eigenvalue weighted by atomic mass is 9.91. The van der Waals surface area contributed by atoms with E-state index < -0.39 is 0 Å². The van der Waals surface area contributed by atoms with Crippen LogP contribution in [0.4, 0.5) is 0 Å². The maximum absolute atomic E-state index is 6.28. The molecular formula is C25H30N2O. The zero-order valence-corrected chi connectivity index (χ0v) is 16.8. The average Bonchev–Trinajstić information content (AvgIpc) is 3.36. The number of allylic oxidation sites excluding steroid dienone is 11. The van der Waals surface area contributed by atoms with Gasteiger partial charge in [0.25, 0.3) is 0 Å². The quantitative estimate of drug-likeness (QED) is 0.662. The average molecular weight is 375 g/mol. The van der Waals surface area contributed by atoms with Gasteiger partial charge in [-0.05, 0) is 75.2 Å². The van der Waals surface area contributed by atoms with Crippen molar-refractivity contribution in [3.05, 3.63) is 70.8 Å². The predicted molar refractivity (Wildman–Crippen MR) is 112 cm³/mol. The molecule has 2 saturated heterocycles. The summed E-state index contributed by atoms with van der Waals surface area (Å²) in [5, 5.41) is 0. The summed E-state index contributed by atoms with van der Waals surface area (Å²) >= 11 is 0. The van der Waals surface area contributed by atoms with Gasteiger partial charge in [0.15, 0.2) is 0 Å². The molecule has 3 aliphatic carbocycles. The first kappa shape index (κ1) is 16.9. The summed E-state index contributed by atoms with van der Waals surface area (Å²) in [7, 11) is 0. The van der Waals surface area contributed by atoms with E-state index in [1.54, 1.807) is 5.70 Å². The highest BCUT2D eigenvalue weighted by molar-refractivity contribution is 5.47. The number of fused-ring (bicyclic) bond motifs is 4. The molecule has 28 heavy (non-hydrogen) atoms. The largest absolute Gasteiger partial charge is 0.373 e. The molecule has 4 atom stereocenters. The summed E-state index contributed by atoms with van der Waals surface area (Å²) < 4.78 is 6.28. The van der Waals surface area contributed by atoms with Crippen molar-refractivity contribution in [2.75, 3.05) is 6.54 Å². The van der Waals surface area contributed by atoms with E-state index in [0.29, 0.717) is 24.3 Å². The smallest absolute Gasteiger partial charge is 0.111 e. The highest BCUT2D eigenvalue weighted by atomic mass is 16.5. The highest BCUT2D eigenvalue weighted by Gasteiger charge is 2.54. The van der Waals surface area contributed by atoms with Gasteiger partial charge in [-0.15, -0.1) is 0 Å². The van der Waals surface area contributed by atoms with E-state index in [1.165, 1.54) is 54.6 Å². The van der Waals surface area contributed by atoms with Gasteiger partial charge in [-0.3, -0.25) is 0 Å². The summed E-state index contributed by atoms with van der Waals surface area (Å²) in [4.78, 5) is 5.38. The fourth-order valence-corrected chi connectivity index (χ4v) is 6.15. The van der Waals surface area contributed by atoms with Crippen LogP contribution >= 0.6 is 0 Å². The molecule has 0 amide bonds. The van der Waals surface area contributed by atoms with Crippen LogP contribution in [-0.4, -0.2) is 34.7 Å². The monoisotopic (exact) mass is 374 g/mol. The molecule has 6 aliphatic rings. The molecule has 0 aromatic heterocycles. The van der Waals surface area contributed by atoms with Gasteiger partial charge in [0.2, 0.25) is 0 Å². The first-order chi connectivity index (χ1) is 13.8. The Hall–Kier alpha value is -2.00. The van der Waals surface area contributed by atoms with E-state index >= 15 is 0 Å². The van der Waals surface area contributed by atoms with Crippen molar-refractivity contribution in [1.82, 2.24) is 9.80 Å². The number of ether oxygens (including phenoxy) is 1. The Labute approximate surface area is 168 Å². The lowest BCUT2D eigenvalue weighted by Crippen LogP contribution is -2.40. The van der Waals surface area contributed by atoms with Gasteiger partial charge in [-0.1, -0.05) is 30.4 Å². The van der Waals surface area contributed by atoms with Crippen molar-refractivity contribution in [2.24, 2.45) is 5.92 Å². The molecule has 3 heteroatoms. The third-order valence-corrected chi connectivity index (χ3v) is 7.36. The number of hydrogen-bond acceptors (Lipinski definition) is 3. The van der Waals surface area contributed by atoms with Crippen LogP contribution in [0.25, 0.3) is 0 Å². The van der Waals surface area contributed by atoms with Crippen LogP contribution in [0.3, 0.4) is 0 Å². The van der Waals surface area contributed by atoms with Crippen LogP contribution < -0.4 is 0 Å². The van der Waals surface area contributed by atoms with Crippen molar-refractivity contribution in [1.29, 1.82) is 0 Å². The van der Waals surface area contributed by atoms with Crippen LogP contribution in [0.2, 0.25) is 0 Å². The van der Waals surface area contributed by atoms with Crippen molar-refractivity contribution < 1.29 is 4.74 Å². The van der Waals surface area contributed by atoms with Crippen LogP contribution in [0.15, 0.2) is 70.8 Å². The third kappa shape index (κ3) is 2.52. The molecule has 0 spiro atoms. The minimum absolute atomic E-state index is 0.407. The lowest BCUT2D eigenvalue weighted by molar-refractivity contribution is 0.0510. The second-order valence-electron chi connectivity index (χ2n) is 9.08. The minimum Gasteiger partial charge on any atom is -0.373 e. The van der Waals surface area contributed by atoms with Gasteiger partial charge in [0.05, 0.1) is 17.9 Å². The van der Waals surface area contributed by atoms with Gasteiger partial charge in [0.1, 0.15) is 6.17 Å². The molecule has 6 rings (SSSR count). The van der Waals surface area contributed by atoms with E-state index in [2.05, 4.69) is 59.3 Å². The molecule has 0 N–H and O–H groups in total. The van der Waals surface area contributed by atoms with Crippen LogP contribution in [0.5, 0.6) is 0 Å². The molecule has 2 fully saturated rings. The normalized spacial score (nSPS) is 36.2. The van der Waals surface area contributed by atoms with Crippen molar-refractivity contribution in [3.8, 4) is 0 Å². The molecule has 4 unspecified atom stereocenters. The van der Waals surface area contributed by atoms with Gasteiger partial charge in [-0.25, -0.2) is 0 Å². The summed E-state index contributed by atoms with van der Waals surface area (Å²) in [6, 6.07) is 0. The summed E-state index contributed by atoms with van der Waals surface area (Å²) in [5.74, 6) is 0.629. The molecule has 0 radical (unpaired) electrons. The highest BCUT2D eigenvalue weighted by Crippen LogP contribution is 2.50. The maximum Gasteiger partial charge on any atom is 0.111 e. The SMILES string of the molecule is CC1CC2C(CN3C4=C(C=CCC4)N(C4=CC=C(C5=CCCC=C5)CC4)C23)O1. The molecule has 146 valence electrons. The second kappa shape index (κ2) is 6.52. The molecule has 0 saturated carbocycles. The Kier molecular flexibility index (Phi) is 3.94. The third-order valence-electron chi connectivity index (χ3n) is 7.36. The molecule has 0 aromatic carbocycles. The van der Waals surface area contributed by atoms with Crippen LogP contribution in [0, 0.1) is 5.92 Å². The van der Waals surface area contributed by atoms with Crippen LogP contribution in [-0.2, 0) is 4.74 Å². The van der Waals surface area contributed by atoms with Crippen molar-refractivity contribution >= 4 is 0 Å². The van der Waals surface area contributed by atoms with Crippen molar-refractivity contribution in [3.63, 3.8) is 0 Å². The van der Waals surface area contributed by atoms with E-state index in [1.807, 2.05) is 0 Å². The minimum atomic E-state index is 0.407. The zero-order valence-electron chi connectivity index (χ0n) is 16.8. The molecule has 0 bridgehead atoms. The topological polar surface area (TPSA) is 15.7 Å². The summed E-state index contributed by atoms with van der Waals surface area (Å²) in [6.07, 6.45) is 26.1. The van der Waals surface area contributed by atoms with E-state index in [-0.39, 0.29) is 0 Å². The first-order valence-corrected chi connectivity index (χ1v) is 11.2.